The third-order valence-corrected chi connectivity index (χ3v) is 6.86. The van der Waals surface area contributed by atoms with Crippen LogP contribution in [0.4, 0.5) is 10.5 Å². The number of sulfonamides is 1. The van der Waals surface area contributed by atoms with Crippen LogP contribution in [0.1, 0.15) is 42.3 Å². The summed E-state index contributed by atoms with van der Waals surface area (Å²) < 4.78 is 33.6. The van der Waals surface area contributed by atoms with E-state index in [0.717, 1.165) is 11.1 Å². The molecule has 0 radical (unpaired) electrons. The fraction of sp³-hybridized carbons (Fsp3) is 0.417. The smallest absolute Gasteiger partial charge is 0.410 e. The predicted molar refractivity (Wildman–Crippen MR) is 127 cm³/mol. The van der Waals surface area contributed by atoms with Crippen LogP contribution in [-0.4, -0.2) is 62.0 Å². The van der Waals surface area contributed by atoms with E-state index in [1.165, 1.54) is 24.3 Å². The van der Waals surface area contributed by atoms with Crippen LogP contribution in [0.25, 0.3) is 0 Å². The van der Waals surface area contributed by atoms with E-state index in [0.29, 0.717) is 37.4 Å². The fourth-order valence-corrected chi connectivity index (χ4v) is 4.57. The van der Waals surface area contributed by atoms with E-state index in [4.69, 9.17) is 4.74 Å². The summed E-state index contributed by atoms with van der Waals surface area (Å²) in [5.41, 5.74) is 2.20. The summed E-state index contributed by atoms with van der Waals surface area (Å²) in [6, 6.07) is 11.3. The van der Waals surface area contributed by atoms with Gasteiger partial charge in [0.2, 0.25) is 0 Å². The van der Waals surface area contributed by atoms with E-state index in [-0.39, 0.29) is 16.9 Å². The molecule has 1 fully saturated rings. The normalized spacial score (nSPS) is 14.7. The van der Waals surface area contributed by atoms with Crippen LogP contribution in [0.15, 0.2) is 47.4 Å². The van der Waals surface area contributed by atoms with Crippen molar-refractivity contribution in [3.05, 3.63) is 59.2 Å². The molecule has 0 atom stereocenters. The zero-order chi connectivity index (χ0) is 24.4. The van der Waals surface area contributed by atoms with E-state index in [1.54, 1.807) is 21.9 Å². The van der Waals surface area contributed by atoms with Gasteiger partial charge in [-0.15, -0.1) is 0 Å². The minimum absolute atomic E-state index is 0.0784. The second kappa shape index (κ2) is 9.43. The molecule has 1 aliphatic rings. The molecule has 1 heterocycles. The third kappa shape index (κ3) is 6.04. The van der Waals surface area contributed by atoms with Gasteiger partial charge in [-0.05, 0) is 76.1 Å². The zero-order valence-electron chi connectivity index (χ0n) is 19.7. The van der Waals surface area contributed by atoms with Gasteiger partial charge in [-0.1, -0.05) is 12.1 Å². The molecule has 0 unspecified atom stereocenters. The lowest BCUT2D eigenvalue weighted by Crippen LogP contribution is -2.51. The number of carbonyl (C=O) groups is 2. The first-order valence-electron chi connectivity index (χ1n) is 10.8. The molecule has 2 aromatic carbocycles. The van der Waals surface area contributed by atoms with Gasteiger partial charge in [-0.25, -0.2) is 13.2 Å². The van der Waals surface area contributed by atoms with Gasteiger partial charge >= 0.3 is 6.09 Å². The number of amides is 2. The molecular weight excluding hydrogens is 442 g/mol. The van der Waals surface area contributed by atoms with Gasteiger partial charge < -0.3 is 14.5 Å². The standard InChI is InChI=1S/C24H31N3O5S/c1-17-7-6-8-21(18(17)2)25-33(30,31)20-11-9-19(10-12-20)22(28)26-13-15-27(16-14-26)23(29)32-24(3,4)5/h6-12,25H,13-16H2,1-5H3. The van der Waals surface area contributed by atoms with Gasteiger partial charge in [0.05, 0.1) is 10.6 Å². The van der Waals surface area contributed by atoms with Crippen molar-refractivity contribution in [3.63, 3.8) is 0 Å². The number of aryl methyl sites for hydroxylation is 1. The Morgan fingerprint density at radius 2 is 1.48 bits per heavy atom. The van der Waals surface area contributed by atoms with Gasteiger partial charge in [0.1, 0.15) is 5.60 Å². The first-order valence-corrected chi connectivity index (χ1v) is 12.3. The number of rotatable bonds is 4. The van der Waals surface area contributed by atoms with E-state index >= 15 is 0 Å². The first kappa shape index (κ1) is 24.6. The number of nitrogens with one attached hydrogen (secondary N) is 1. The summed E-state index contributed by atoms with van der Waals surface area (Å²) in [5.74, 6) is -0.203. The molecule has 2 aromatic rings. The lowest BCUT2D eigenvalue weighted by atomic mass is 10.1. The van der Waals surface area contributed by atoms with Crippen molar-refractivity contribution >= 4 is 27.7 Å². The van der Waals surface area contributed by atoms with Gasteiger partial charge in [-0.3, -0.25) is 9.52 Å². The van der Waals surface area contributed by atoms with Crippen molar-refractivity contribution in [2.24, 2.45) is 0 Å². The van der Waals surface area contributed by atoms with Crippen LogP contribution in [0, 0.1) is 13.8 Å². The average Bonchev–Trinajstić information content (AvgIpc) is 2.75. The fourth-order valence-electron chi connectivity index (χ4n) is 3.44. The Kier molecular flexibility index (Phi) is 7.02. The van der Waals surface area contributed by atoms with E-state index < -0.39 is 15.6 Å². The number of carbonyl (C=O) groups excluding carboxylic acids is 2. The maximum absolute atomic E-state index is 12.9. The van der Waals surface area contributed by atoms with Crippen molar-refractivity contribution in [1.82, 2.24) is 9.80 Å². The molecule has 0 bridgehead atoms. The lowest BCUT2D eigenvalue weighted by Gasteiger charge is -2.35. The highest BCUT2D eigenvalue weighted by molar-refractivity contribution is 7.92. The topological polar surface area (TPSA) is 96.0 Å². The van der Waals surface area contributed by atoms with Gasteiger partial charge in [0, 0.05) is 31.7 Å². The highest BCUT2D eigenvalue weighted by atomic mass is 32.2. The molecule has 0 aliphatic carbocycles. The third-order valence-electron chi connectivity index (χ3n) is 5.48. The Balaban J connectivity index is 1.63. The molecule has 0 spiro atoms. The quantitative estimate of drug-likeness (QED) is 0.729. The summed E-state index contributed by atoms with van der Waals surface area (Å²) >= 11 is 0. The minimum Gasteiger partial charge on any atom is -0.444 e. The summed E-state index contributed by atoms with van der Waals surface area (Å²) in [4.78, 5) is 28.4. The van der Waals surface area contributed by atoms with E-state index in [1.807, 2.05) is 40.7 Å². The number of benzene rings is 2. The van der Waals surface area contributed by atoms with Crippen molar-refractivity contribution in [2.45, 2.75) is 45.1 Å². The average molecular weight is 474 g/mol. The van der Waals surface area contributed by atoms with Crippen molar-refractivity contribution in [2.75, 3.05) is 30.9 Å². The molecule has 8 nitrogen and oxygen atoms in total. The predicted octanol–water partition coefficient (Wildman–Crippen LogP) is 3.80. The Hall–Kier alpha value is -3.07. The first-order chi connectivity index (χ1) is 15.4. The molecule has 178 valence electrons. The Bertz CT molecular complexity index is 1130. The van der Waals surface area contributed by atoms with Crippen LogP contribution >= 0.6 is 0 Å². The van der Waals surface area contributed by atoms with Gasteiger partial charge in [0.15, 0.2) is 0 Å². The highest BCUT2D eigenvalue weighted by Crippen LogP contribution is 2.22. The summed E-state index contributed by atoms with van der Waals surface area (Å²) in [6.45, 7) is 10.7. The number of anilines is 1. The molecule has 1 saturated heterocycles. The highest BCUT2D eigenvalue weighted by Gasteiger charge is 2.28. The second-order valence-electron chi connectivity index (χ2n) is 9.14. The maximum Gasteiger partial charge on any atom is 0.410 e. The lowest BCUT2D eigenvalue weighted by molar-refractivity contribution is 0.0141. The van der Waals surface area contributed by atoms with E-state index in [2.05, 4.69) is 4.72 Å². The zero-order valence-corrected chi connectivity index (χ0v) is 20.5. The number of hydrogen-bond donors (Lipinski definition) is 1. The van der Waals surface area contributed by atoms with Gasteiger partial charge in [0.25, 0.3) is 15.9 Å². The van der Waals surface area contributed by atoms with Crippen molar-refractivity contribution < 1.29 is 22.7 Å². The molecular formula is C24H31N3O5S. The van der Waals surface area contributed by atoms with Crippen LogP contribution in [-0.2, 0) is 14.8 Å². The number of nitrogens with zero attached hydrogens (tertiary/aromatic N) is 2. The molecule has 0 aromatic heterocycles. The maximum atomic E-state index is 12.9. The monoisotopic (exact) mass is 473 g/mol. The minimum atomic E-state index is -3.78. The molecule has 1 N–H and O–H groups in total. The Labute approximate surface area is 195 Å². The van der Waals surface area contributed by atoms with Crippen molar-refractivity contribution in [1.29, 1.82) is 0 Å². The Morgan fingerprint density at radius 3 is 2.06 bits per heavy atom. The van der Waals surface area contributed by atoms with Crippen LogP contribution in [0.3, 0.4) is 0 Å². The SMILES string of the molecule is Cc1cccc(NS(=O)(=O)c2ccc(C(=O)N3CCN(C(=O)OC(C)(C)C)CC3)cc2)c1C. The molecule has 0 saturated carbocycles. The van der Waals surface area contributed by atoms with E-state index in [9.17, 15) is 18.0 Å². The van der Waals surface area contributed by atoms with Crippen LogP contribution < -0.4 is 4.72 Å². The van der Waals surface area contributed by atoms with Crippen LogP contribution in [0.5, 0.6) is 0 Å². The molecule has 33 heavy (non-hydrogen) atoms. The number of ether oxygens (including phenoxy) is 1. The second-order valence-corrected chi connectivity index (χ2v) is 10.8. The summed E-state index contributed by atoms with van der Waals surface area (Å²) in [7, 11) is -3.78. The molecule has 1 aliphatic heterocycles. The summed E-state index contributed by atoms with van der Waals surface area (Å²) in [5, 5.41) is 0. The number of piperazine rings is 1. The van der Waals surface area contributed by atoms with Crippen LogP contribution in [0.2, 0.25) is 0 Å². The summed E-state index contributed by atoms with van der Waals surface area (Å²) in [6.07, 6.45) is -0.388. The Morgan fingerprint density at radius 1 is 0.909 bits per heavy atom. The van der Waals surface area contributed by atoms with Crippen molar-refractivity contribution in [3.8, 4) is 0 Å². The molecule has 9 heteroatoms. The molecule has 2 amide bonds. The largest absolute Gasteiger partial charge is 0.444 e. The molecule has 3 rings (SSSR count). The van der Waals surface area contributed by atoms with Gasteiger partial charge in [-0.2, -0.15) is 0 Å². The number of hydrogen-bond acceptors (Lipinski definition) is 5.